The van der Waals surface area contributed by atoms with E-state index < -0.39 is 15.4 Å². The fraction of sp³-hybridized carbons (Fsp3) is 0.207. The van der Waals surface area contributed by atoms with E-state index in [9.17, 15) is 22.4 Å². The molecule has 0 aliphatic heterocycles. The second-order valence-corrected chi connectivity index (χ2v) is 11.1. The van der Waals surface area contributed by atoms with Crippen molar-refractivity contribution in [2.75, 3.05) is 7.11 Å². The fourth-order valence-electron chi connectivity index (χ4n) is 4.55. The number of ketones is 2. The normalized spacial score (nSPS) is 14.1. The van der Waals surface area contributed by atoms with Crippen LogP contribution in [0.3, 0.4) is 0 Å². The van der Waals surface area contributed by atoms with Crippen LogP contribution in [0.1, 0.15) is 24.0 Å². The Hall–Kier alpha value is -4.15. The average Bonchev–Trinajstić information content (AvgIpc) is 3.72. The van der Waals surface area contributed by atoms with E-state index in [4.69, 9.17) is 14.6 Å². The maximum absolute atomic E-state index is 13.2. The lowest BCUT2D eigenvalue weighted by Gasteiger charge is -2.14. The van der Waals surface area contributed by atoms with Gasteiger partial charge in [0.05, 0.1) is 18.0 Å². The van der Waals surface area contributed by atoms with Crippen LogP contribution in [0.15, 0.2) is 77.8 Å². The summed E-state index contributed by atoms with van der Waals surface area (Å²) in [7, 11) is -2.71. The van der Waals surface area contributed by atoms with Crippen LogP contribution in [-0.2, 0) is 32.5 Å². The van der Waals surface area contributed by atoms with E-state index in [1.165, 1.54) is 37.6 Å². The van der Waals surface area contributed by atoms with Crippen molar-refractivity contribution in [3.05, 3.63) is 89.9 Å². The monoisotopic (exact) mass is 548 g/mol. The van der Waals surface area contributed by atoms with Gasteiger partial charge in [0.2, 0.25) is 10.0 Å². The van der Waals surface area contributed by atoms with Crippen molar-refractivity contribution in [3.63, 3.8) is 0 Å². The second kappa shape index (κ2) is 10.2. The highest BCUT2D eigenvalue weighted by Crippen LogP contribution is 2.49. The lowest BCUT2D eigenvalue weighted by atomic mass is 9.88. The van der Waals surface area contributed by atoms with Crippen molar-refractivity contribution >= 4 is 32.5 Å². The summed E-state index contributed by atoms with van der Waals surface area (Å²) in [5.74, 6) is 0.251. The summed E-state index contributed by atoms with van der Waals surface area (Å²) in [6, 6.07) is 17.0. The Morgan fingerprint density at radius 3 is 2.05 bits per heavy atom. The van der Waals surface area contributed by atoms with Crippen molar-refractivity contribution in [1.82, 2.24) is 4.98 Å². The number of rotatable bonds is 10. The molecule has 1 fully saturated rings. The van der Waals surface area contributed by atoms with Gasteiger partial charge in [-0.15, -0.1) is 0 Å². The molecule has 1 aliphatic carbocycles. The molecule has 1 aliphatic rings. The first-order chi connectivity index (χ1) is 18.6. The summed E-state index contributed by atoms with van der Waals surface area (Å²) in [4.78, 5) is 30.1. The van der Waals surface area contributed by atoms with E-state index in [1.807, 2.05) is 0 Å². The number of pyridine rings is 1. The first kappa shape index (κ1) is 26.5. The molecule has 4 aromatic rings. The van der Waals surface area contributed by atoms with Crippen molar-refractivity contribution in [2.24, 2.45) is 10.6 Å². The Bertz CT molecular complexity index is 1680. The molecule has 1 aromatic heterocycles. The number of nitrogens with two attached hydrogens (primary N) is 1. The van der Waals surface area contributed by atoms with Gasteiger partial charge in [-0.2, -0.15) is 0 Å². The molecule has 0 saturated heterocycles. The number of ether oxygens (including phenoxy) is 2. The molecule has 1 heterocycles. The minimum absolute atomic E-state index is 0.0771. The molecular weight excluding hydrogens is 523 g/mol. The zero-order chi connectivity index (χ0) is 27.8. The number of primary sulfonamides is 1. The number of hydrogen-bond acceptors (Lipinski definition) is 7. The zero-order valence-corrected chi connectivity index (χ0v) is 21.8. The molecule has 3 aromatic carbocycles. The van der Waals surface area contributed by atoms with Crippen molar-refractivity contribution in [2.45, 2.75) is 30.6 Å². The number of halogens is 1. The number of aromatic nitrogens is 1. The van der Waals surface area contributed by atoms with E-state index in [1.54, 1.807) is 42.5 Å². The summed E-state index contributed by atoms with van der Waals surface area (Å²) in [6.45, 7) is 0. The maximum Gasteiger partial charge on any atom is 0.241 e. The molecule has 0 radical (unpaired) electrons. The van der Waals surface area contributed by atoms with E-state index >= 15 is 0 Å². The van der Waals surface area contributed by atoms with Gasteiger partial charge in [-0.3, -0.25) is 14.6 Å². The van der Waals surface area contributed by atoms with Crippen LogP contribution < -0.4 is 14.6 Å². The number of methoxy groups -OCH3 is 1. The molecule has 0 amide bonds. The van der Waals surface area contributed by atoms with Gasteiger partial charge in [0, 0.05) is 30.5 Å². The Morgan fingerprint density at radius 2 is 1.51 bits per heavy atom. The number of fused-ring (bicyclic) bond motifs is 1. The number of Topliss-reactive ketones (excluding diaryl/α,β-unsaturated/α-hetero) is 2. The Morgan fingerprint density at radius 1 is 0.923 bits per heavy atom. The van der Waals surface area contributed by atoms with Crippen LogP contribution in [0, 0.1) is 11.2 Å². The van der Waals surface area contributed by atoms with Crippen LogP contribution in [0.2, 0.25) is 0 Å². The maximum atomic E-state index is 13.2. The predicted molar refractivity (Wildman–Crippen MR) is 142 cm³/mol. The van der Waals surface area contributed by atoms with Crippen LogP contribution in [0.5, 0.6) is 17.2 Å². The Kier molecular flexibility index (Phi) is 6.92. The smallest absolute Gasteiger partial charge is 0.241 e. The minimum atomic E-state index is -4.06. The largest absolute Gasteiger partial charge is 0.495 e. The first-order valence-corrected chi connectivity index (χ1v) is 13.7. The Labute approximate surface area is 224 Å². The van der Waals surface area contributed by atoms with Crippen molar-refractivity contribution < 1.29 is 31.9 Å². The number of carbonyl (C=O) groups excluding carboxylic acids is 2. The van der Waals surface area contributed by atoms with Gasteiger partial charge in [0.1, 0.15) is 28.0 Å². The standard InChI is InChI=1S/C29H25FN2O6S/c1-37-25-17-23-22(16-26(25)39(31,35)36)24(10-13-32-23)38-21-8-4-19(5-9-21)15-28(34)29(11-12-29)27(33)14-18-2-6-20(30)7-3-18/h2-10,13,16-17H,11-12,14-15H2,1H3,(H2,31,35,36). The van der Waals surface area contributed by atoms with Crippen LogP contribution >= 0.6 is 0 Å². The average molecular weight is 549 g/mol. The molecule has 8 nitrogen and oxygen atoms in total. The molecule has 1 saturated carbocycles. The molecule has 5 rings (SSSR count). The van der Waals surface area contributed by atoms with Gasteiger partial charge in [-0.25, -0.2) is 17.9 Å². The van der Waals surface area contributed by atoms with Gasteiger partial charge in [-0.05, 0) is 60.4 Å². The third-order valence-corrected chi connectivity index (χ3v) is 7.84. The fourth-order valence-corrected chi connectivity index (χ4v) is 5.26. The lowest BCUT2D eigenvalue weighted by molar-refractivity contribution is -0.133. The number of carbonyl (C=O) groups is 2. The SMILES string of the molecule is COc1cc2nccc(Oc3ccc(CC(=O)C4(C(=O)Cc5ccc(F)cc5)CC4)cc3)c2cc1S(N)(=O)=O. The summed E-state index contributed by atoms with van der Waals surface area (Å²) in [5, 5.41) is 5.78. The number of sulfonamides is 1. The minimum Gasteiger partial charge on any atom is -0.495 e. The Balaban J connectivity index is 1.30. The number of hydrogen-bond donors (Lipinski definition) is 1. The molecule has 0 atom stereocenters. The third-order valence-electron chi connectivity index (χ3n) is 6.90. The molecule has 200 valence electrons. The van der Waals surface area contributed by atoms with Gasteiger partial charge >= 0.3 is 0 Å². The molecule has 10 heteroatoms. The number of nitrogens with zero attached hydrogens (tertiary/aromatic N) is 1. The highest BCUT2D eigenvalue weighted by Gasteiger charge is 2.54. The first-order valence-electron chi connectivity index (χ1n) is 12.2. The van der Waals surface area contributed by atoms with Gasteiger partial charge in [0.15, 0.2) is 11.6 Å². The van der Waals surface area contributed by atoms with E-state index in [-0.39, 0.29) is 40.9 Å². The van der Waals surface area contributed by atoms with Gasteiger partial charge in [-0.1, -0.05) is 24.3 Å². The van der Waals surface area contributed by atoms with E-state index in [0.717, 1.165) is 5.56 Å². The van der Waals surface area contributed by atoms with E-state index in [0.29, 0.717) is 40.8 Å². The topological polar surface area (TPSA) is 126 Å². The quantitative estimate of drug-likeness (QED) is 0.289. The molecule has 2 N–H and O–H groups in total. The van der Waals surface area contributed by atoms with Crippen molar-refractivity contribution in [3.8, 4) is 17.2 Å². The summed E-state index contributed by atoms with van der Waals surface area (Å²) in [6.07, 6.45) is 2.77. The van der Waals surface area contributed by atoms with Crippen molar-refractivity contribution in [1.29, 1.82) is 0 Å². The summed E-state index contributed by atoms with van der Waals surface area (Å²) >= 11 is 0. The summed E-state index contributed by atoms with van der Waals surface area (Å²) < 4.78 is 48.4. The van der Waals surface area contributed by atoms with Crippen LogP contribution in [0.25, 0.3) is 10.9 Å². The predicted octanol–water partition coefficient (Wildman–Crippen LogP) is 4.53. The molecule has 0 bridgehead atoms. The van der Waals surface area contributed by atoms with E-state index in [2.05, 4.69) is 4.98 Å². The zero-order valence-electron chi connectivity index (χ0n) is 21.0. The third kappa shape index (κ3) is 5.52. The molecule has 0 unspecified atom stereocenters. The van der Waals surface area contributed by atoms with Crippen LogP contribution in [-0.4, -0.2) is 32.1 Å². The molecular formula is C29H25FN2O6S. The molecule has 39 heavy (non-hydrogen) atoms. The lowest BCUT2D eigenvalue weighted by Crippen LogP contribution is -2.28. The second-order valence-electron chi connectivity index (χ2n) is 9.53. The highest BCUT2D eigenvalue weighted by molar-refractivity contribution is 7.89. The highest BCUT2D eigenvalue weighted by atomic mass is 32.2. The van der Waals surface area contributed by atoms with Crippen LogP contribution in [0.4, 0.5) is 4.39 Å². The summed E-state index contributed by atoms with van der Waals surface area (Å²) in [5.41, 5.74) is 0.898. The van der Waals surface area contributed by atoms with Gasteiger partial charge in [0.25, 0.3) is 0 Å². The number of benzene rings is 3. The van der Waals surface area contributed by atoms with Gasteiger partial charge < -0.3 is 9.47 Å². The molecule has 0 spiro atoms.